The number of hydrogen-bond acceptors (Lipinski definition) is 1. The van der Waals surface area contributed by atoms with Crippen LogP contribution in [0.2, 0.25) is 5.02 Å². The molecule has 0 fully saturated rings. The van der Waals surface area contributed by atoms with Crippen LogP contribution in [0.25, 0.3) is 0 Å². The summed E-state index contributed by atoms with van der Waals surface area (Å²) >= 11 is 5.69. The summed E-state index contributed by atoms with van der Waals surface area (Å²) in [5, 5.41) is 3.29. The van der Waals surface area contributed by atoms with E-state index in [0.717, 1.165) is 6.42 Å². The summed E-state index contributed by atoms with van der Waals surface area (Å²) in [5.41, 5.74) is 6.02. The number of hydrogen-bond donors (Lipinski definition) is 2. The van der Waals surface area contributed by atoms with Crippen LogP contribution in [0.15, 0.2) is 23.2 Å². The third-order valence-corrected chi connectivity index (χ3v) is 2.92. The van der Waals surface area contributed by atoms with E-state index in [0.29, 0.717) is 5.02 Å². The number of guanidine groups is 1. The van der Waals surface area contributed by atoms with Crippen LogP contribution < -0.4 is 11.1 Å². The topological polar surface area (TPSA) is 50.4 Å². The Hall–Kier alpha value is -1.73. The molecule has 2 unspecified atom stereocenters. The number of terminal acetylenes is 1. The van der Waals surface area contributed by atoms with Crippen LogP contribution in [0.3, 0.4) is 0 Å². The molecule has 0 heterocycles. The normalized spacial score (nSPS) is 14.6. The number of nitrogens with one attached hydrogen (secondary N) is 1. The molecule has 0 aliphatic heterocycles. The van der Waals surface area contributed by atoms with Gasteiger partial charge in [-0.15, -0.1) is 6.42 Å². The molecule has 0 bridgehead atoms. The van der Waals surface area contributed by atoms with Crippen molar-refractivity contribution in [3.8, 4) is 12.3 Å². The Morgan fingerprint density at radius 3 is 2.84 bits per heavy atom. The van der Waals surface area contributed by atoms with Gasteiger partial charge in [0.1, 0.15) is 11.9 Å². The highest BCUT2D eigenvalue weighted by Crippen LogP contribution is 2.22. The van der Waals surface area contributed by atoms with Crippen molar-refractivity contribution in [1.82, 2.24) is 5.32 Å². The van der Waals surface area contributed by atoms with Gasteiger partial charge in [-0.05, 0) is 25.5 Å². The van der Waals surface area contributed by atoms with Gasteiger partial charge in [-0.25, -0.2) is 9.38 Å². The Morgan fingerprint density at radius 1 is 1.63 bits per heavy atom. The molecule has 0 aliphatic carbocycles. The molecule has 2 atom stereocenters. The first-order valence-electron chi connectivity index (χ1n) is 5.98. The third kappa shape index (κ3) is 4.46. The minimum Gasteiger partial charge on any atom is -0.370 e. The quantitative estimate of drug-likeness (QED) is 0.506. The van der Waals surface area contributed by atoms with E-state index in [1.54, 1.807) is 6.07 Å². The summed E-state index contributed by atoms with van der Waals surface area (Å²) in [5.74, 6) is 2.12. The van der Waals surface area contributed by atoms with Gasteiger partial charge in [-0.3, -0.25) is 0 Å². The fourth-order valence-electron chi connectivity index (χ4n) is 1.45. The second-order valence-electron chi connectivity index (χ2n) is 4.20. The van der Waals surface area contributed by atoms with Crippen LogP contribution in [-0.2, 0) is 0 Å². The van der Waals surface area contributed by atoms with Crippen molar-refractivity contribution >= 4 is 17.6 Å². The van der Waals surface area contributed by atoms with Crippen molar-refractivity contribution < 1.29 is 4.39 Å². The van der Waals surface area contributed by atoms with E-state index in [4.69, 9.17) is 23.8 Å². The molecule has 1 rings (SSSR count). The molecule has 0 saturated heterocycles. The maximum absolute atomic E-state index is 13.8. The van der Waals surface area contributed by atoms with Crippen molar-refractivity contribution in [2.24, 2.45) is 10.7 Å². The Bertz CT molecular complexity index is 508. The van der Waals surface area contributed by atoms with Crippen LogP contribution in [0.4, 0.5) is 4.39 Å². The largest absolute Gasteiger partial charge is 0.370 e. The zero-order valence-electron chi connectivity index (χ0n) is 11.0. The zero-order valence-corrected chi connectivity index (χ0v) is 11.7. The van der Waals surface area contributed by atoms with Gasteiger partial charge < -0.3 is 11.1 Å². The minimum absolute atomic E-state index is 0.178. The van der Waals surface area contributed by atoms with Gasteiger partial charge >= 0.3 is 0 Å². The van der Waals surface area contributed by atoms with E-state index >= 15 is 0 Å². The maximum atomic E-state index is 13.8. The number of halogens is 2. The summed E-state index contributed by atoms with van der Waals surface area (Å²) in [7, 11) is 0. The smallest absolute Gasteiger partial charge is 0.190 e. The van der Waals surface area contributed by atoms with E-state index in [2.05, 4.69) is 16.2 Å². The van der Waals surface area contributed by atoms with Crippen molar-refractivity contribution in [3.05, 3.63) is 34.6 Å². The molecule has 1 aromatic carbocycles. The minimum atomic E-state index is -0.770. The van der Waals surface area contributed by atoms with Gasteiger partial charge in [-0.1, -0.05) is 30.5 Å². The van der Waals surface area contributed by atoms with Crippen LogP contribution >= 0.6 is 11.6 Å². The number of aliphatic imine (C=N–C) groups is 1. The van der Waals surface area contributed by atoms with Gasteiger partial charge in [0.15, 0.2) is 5.96 Å². The molecule has 5 heteroatoms. The molecule has 0 aromatic heterocycles. The van der Waals surface area contributed by atoms with Crippen molar-refractivity contribution in [2.75, 3.05) is 0 Å². The molecule has 0 saturated carbocycles. The summed E-state index contributed by atoms with van der Waals surface area (Å²) in [6.45, 7) is 3.98. The first-order valence-corrected chi connectivity index (χ1v) is 6.36. The summed E-state index contributed by atoms with van der Waals surface area (Å²) in [4.78, 5) is 4.11. The van der Waals surface area contributed by atoms with Gasteiger partial charge in [0.05, 0.1) is 0 Å². The van der Waals surface area contributed by atoms with Gasteiger partial charge in [0, 0.05) is 16.6 Å². The lowest BCUT2D eigenvalue weighted by atomic mass is 10.1. The van der Waals surface area contributed by atoms with Crippen molar-refractivity contribution in [3.63, 3.8) is 0 Å². The summed E-state index contributed by atoms with van der Waals surface area (Å²) in [6.07, 6.45) is 6.28. The number of rotatable bonds is 4. The van der Waals surface area contributed by atoms with Crippen LogP contribution in [0.1, 0.15) is 31.9 Å². The van der Waals surface area contributed by atoms with Crippen LogP contribution in [-0.4, -0.2) is 12.0 Å². The van der Waals surface area contributed by atoms with Gasteiger partial charge in [0.25, 0.3) is 0 Å². The van der Waals surface area contributed by atoms with E-state index in [-0.39, 0.29) is 17.6 Å². The van der Waals surface area contributed by atoms with E-state index in [9.17, 15) is 4.39 Å². The van der Waals surface area contributed by atoms with Crippen molar-refractivity contribution in [1.29, 1.82) is 0 Å². The predicted octanol–water partition coefficient (Wildman–Crippen LogP) is 2.86. The fraction of sp³-hybridized carbons (Fsp3) is 0.357. The van der Waals surface area contributed by atoms with Crippen LogP contribution in [0, 0.1) is 18.2 Å². The molecular formula is C14H17ClFN3. The molecule has 1 aromatic rings. The molecule has 0 amide bonds. The van der Waals surface area contributed by atoms with Crippen molar-refractivity contribution in [2.45, 2.75) is 32.4 Å². The first-order chi connectivity index (χ1) is 8.97. The Morgan fingerprint density at radius 2 is 2.32 bits per heavy atom. The summed E-state index contributed by atoms with van der Waals surface area (Å²) in [6, 6.07) is 3.70. The number of nitrogens with two attached hydrogens (primary N) is 1. The lowest BCUT2D eigenvalue weighted by molar-refractivity contribution is 0.602. The molecule has 3 N–H and O–H groups in total. The third-order valence-electron chi connectivity index (χ3n) is 2.69. The Kier molecular flexibility index (Phi) is 5.65. The van der Waals surface area contributed by atoms with E-state index in [1.165, 1.54) is 12.1 Å². The second kappa shape index (κ2) is 7.01. The number of nitrogens with zero attached hydrogens (tertiary/aromatic N) is 1. The molecular weight excluding hydrogens is 265 g/mol. The average Bonchev–Trinajstić information content (AvgIpc) is 2.36. The molecule has 3 nitrogen and oxygen atoms in total. The van der Waals surface area contributed by atoms with E-state index < -0.39 is 11.9 Å². The lowest BCUT2D eigenvalue weighted by Crippen LogP contribution is -2.38. The molecule has 102 valence electrons. The molecule has 0 spiro atoms. The molecule has 0 aliphatic rings. The fourth-order valence-corrected chi connectivity index (χ4v) is 1.61. The molecule has 0 radical (unpaired) electrons. The highest BCUT2D eigenvalue weighted by molar-refractivity contribution is 6.30. The second-order valence-corrected chi connectivity index (χ2v) is 4.64. The molecule has 19 heavy (non-hydrogen) atoms. The highest BCUT2D eigenvalue weighted by Gasteiger charge is 2.13. The zero-order chi connectivity index (χ0) is 14.4. The Balaban J connectivity index is 2.95. The Labute approximate surface area is 118 Å². The van der Waals surface area contributed by atoms with Gasteiger partial charge in [0.2, 0.25) is 0 Å². The average molecular weight is 282 g/mol. The van der Waals surface area contributed by atoms with E-state index in [1.807, 2.05) is 13.8 Å². The number of benzene rings is 1. The van der Waals surface area contributed by atoms with Crippen LogP contribution in [0.5, 0.6) is 0 Å². The standard InChI is InChI=1S/C14H17ClFN3/c1-4-9(3)18-14(17)19-13(5-2)11-7-6-10(15)8-12(11)16/h2,6-9,13H,4H2,1,3H3,(H3,17,18,19). The van der Waals surface area contributed by atoms with Gasteiger partial charge in [-0.2, -0.15) is 0 Å². The monoisotopic (exact) mass is 281 g/mol. The maximum Gasteiger partial charge on any atom is 0.190 e. The lowest BCUT2D eigenvalue weighted by Gasteiger charge is -2.14. The predicted molar refractivity (Wildman–Crippen MR) is 77.5 cm³/mol. The SMILES string of the molecule is C#CC(N=C(N)NC(C)CC)c1ccc(Cl)cc1F. The summed E-state index contributed by atoms with van der Waals surface area (Å²) < 4.78 is 13.8. The highest BCUT2D eigenvalue weighted by atomic mass is 35.5. The first kappa shape index (κ1) is 15.3.